The zero-order valence-electron chi connectivity index (χ0n) is 10.7. The topological polar surface area (TPSA) is 82.1 Å². The van der Waals surface area contributed by atoms with E-state index < -0.39 is 32.8 Å². The summed E-state index contributed by atoms with van der Waals surface area (Å²) < 4.78 is 62.7. The van der Waals surface area contributed by atoms with Gasteiger partial charge in [-0.05, 0) is 12.1 Å². The third-order valence-electron chi connectivity index (χ3n) is 2.10. The number of amides is 1. The molecule has 0 heterocycles. The SMILES string of the molecule is CON(OC)C(=O)c1ccccc1OS(=O)(=O)C(F)(F)F. The number of alkyl halides is 3. The maximum absolute atomic E-state index is 12.3. The van der Waals surface area contributed by atoms with Gasteiger partial charge in [0, 0.05) is 0 Å². The molecule has 0 atom stereocenters. The van der Waals surface area contributed by atoms with Crippen LogP contribution in [0.25, 0.3) is 0 Å². The summed E-state index contributed by atoms with van der Waals surface area (Å²) in [5, 5.41) is 0.336. The Bertz CT molecular complexity index is 611. The molecule has 21 heavy (non-hydrogen) atoms. The molecule has 0 fully saturated rings. The molecule has 0 saturated heterocycles. The van der Waals surface area contributed by atoms with E-state index in [0.29, 0.717) is 5.23 Å². The minimum atomic E-state index is -5.90. The number of benzene rings is 1. The Kier molecular flexibility index (Phi) is 5.15. The third kappa shape index (κ3) is 3.83. The summed E-state index contributed by atoms with van der Waals surface area (Å²) in [7, 11) is -3.76. The van der Waals surface area contributed by atoms with Crippen molar-refractivity contribution in [3.8, 4) is 5.75 Å². The number of nitrogens with zero attached hydrogens (tertiary/aromatic N) is 1. The number of hydrogen-bond donors (Lipinski definition) is 0. The van der Waals surface area contributed by atoms with E-state index in [4.69, 9.17) is 0 Å². The van der Waals surface area contributed by atoms with Crippen LogP contribution in [0.5, 0.6) is 5.75 Å². The van der Waals surface area contributed by atoms with Gasteiger partial charge in [0.1, 0.15) is 0 Å². The van der Waals surface area contributed by atoms with Crippen molar-refractivity contribution in [1.82, 2.24) is 5.23 Å². The Morgan fingerprint density at radius 2 is 1.67 bits per heavy atom. The Morgan fingerprint density at radius 3 is 2.14 bits per heavy atom. The van der Waals surface area contributed by atoms with E-state index in [0.717, 1.165) is 26.4 Å². The van der Waals surface area contributed by atoms with Crippen molar-refractivity contribution in [2.45, 2.75) is 5.51 Å². The molecule has 0 aliphatic rings. The minimum absolute atomic E-state index is 0.336. The van der Waals surface area contributed by atoms with Crippen LogP contribution < -0.4 is 4.18 Å². The lowest BCUT2D eigenvalue weighted by Crippen LogP contribution is -2.31. The van der Waals surface area contributed by atoms with Crippen LogP contribution in [0.2, 0.25) is 0 Å². The number of hydroxylamine groups is 2. The van der Waals surface area contributed by atoms with E-state index in [2.05, 4.69) is 13.9 Å². The van der Waals surface area contributed by atoms with Crippen molar-refractivity contribution in [3.05, 3.63) is 29.8 Å². The summed E-state index contributed by atoms with van der Waals surface area (Å²) in [6, 6.07) is 4.43. The lowest BCUT2D eigenvalue weighted by Gasteiger charge is -2.17. The Labute approximate surface area is 117 Å². The second-order valence-corrected chi connectivity index (χ2v) is 4.94. The molecule has 0 aliphatic heterocycles. The molecular weight excluding hydrogens is 319 g/mol. The second-order valence-electron chi connectivity index (χ2n) is 3.41. The molecule has 0 aromatic heterocycles. The molecule has 118 valence electrons. The maximum Gasteiger partial charge on any atom is 0.534 e. The van der Waals surface area contributed by atoms with Crippen LogP contribution in [0.4, 0.5) is 13.2 Å². The highest BCUT2D eigenvalue weighted by Crippen LogP contribution is 2.29. The lowest BCUT2D eigenvalue weighted by atomic mass is 10.2. The van der Waals surface area contributed by atoms with Crippen molar-refractivity contribution in [1.29, 1.82) is 0 Å². The molecule has 0 bridgehead atoms. The van der Waals surface area contributed by atoms with Crippen molar-refractivity contribution in [3.63, 3.8) is 0 Å². The van der Waals surface area contributed by atoms with Gasteiger partial charge in [0.05, 0.1) is 19.8 Å². The summed E-state index contributed by atoms with van der Waals surface area (Å²) in [5.41, 5.74) is -6.11. The first-order valence-electron chi connectivity index (χ1n) is 5.16. The van der Waals surface area contributed by atoms with Gasteiger partial charge in [0.25, 0.3) is 0 Å². The van der Waals surface area contributed by atoms with Crippen LogP contribution in [0.1, 0.15) is 10.4 Å². The van der Waals surface area contributed by atoms with Crippen molar-refractivity contribution in [2.75, 3.05) is 14.2 Å². The van der Waals surface area contributed by atoms with Gasteiger partial charge >= 0.3 is 21.5 Å². The van der Waals surface area contributed by atoms with Crippen molar-refractivity contribution in [2.24, 2.45) is 0 Å². The number of carbonyl (C=O) groups is 1. The molecular formula is C10H10F3NO6S. The summed E-state index contributed by atoms with van der Waals surface area (Å²) in [6.45, 7) is 0. The average molecular weight is 329 g/mol. The highest BCUT2D eigenvalue weighted by Gasteiger charge is 2.49. The molecule has 1 aromatic rings. The van der Waals surface area contributed by atoms with Gasteiger partial charge in [-0.25, -0.2) is 9.68 Å². The van der Waals surface area contributed by atoms with E-state index in [1.807, 2.05) is 0 Å². The first-order chi connectivity index (χ1) is 9.64. The monoisotopic (exact) mass is 329 g/mol. The zero-order chi connectivity index (χ0) is 16.3. The van der Waals surface area contributed by atoms with E-state index in [9.17, 15) is 26.4 Å². The molecule has 0 unspecified atom stereocenters. The Morgan fingerprint density at radius 1 is 1.14 bits per heavy atom. The molecule has 1 rings (SSSR count). The van der Waals surface area contributed by atoms with Gasteiger partial charge in [-0.15, -0.1) is 0 Å². The third-order valence-corrected chi connectivity index (χ3v) is 3.06. The van der Waals surface area contributed by atoms with Crippen molar-refractivity contribution < 1.29 is 40.2 Å². The molecule has 1 aromatic carbocycles. The van der Waals surface area contributed by atoms with Crippen LogP contribution >= 0.6 is 0 Å². The van der Waals surface area contributed by atoms with Crippen LogP contribution in [0.3, 0.4) is 0 Å². The van der Waals surface area contributed by atoms with Gasteiger partial charge in [0.15, 0.2) is 5.75 Å². The molecule has 0 saturated carbocycles. The Hall–Kier alpha value is -1.85. The summed E-state index contributed by atoms with van der Waals surface area (Å²) in [6.07, 6.45) is 0. The number of carbonyl (C=O) groups excluding carboxylic acids is 1. The highest BCUT2D eigenvalue weighted by atomic mass is 32.2. The van der Waals surface area contributed by atoms with E-state index in [1.54, 1.807) is 0 Å². The Balaban J connectivity index is 3.20. The van der Waals surface area contributed by atoms with Crippen LogP contribution in [-0.4, -0.2) is 39.3 Å². The van der Waals surface area contributed by atoms with Crippen molar-refractivity contribution >= 4 is 16.0 Å². The standard InChI is InChI=1S/C10H10F3NO6S/c1-18-14(19-2)9(15)7-5-3-4-6-8(7)20-21(16,17)10(11,12)13/h3-6H,1-2H3. The van der Waals surface area contributed by atoms with Gasteiger partial charge in [-0.1, -0.05) is 17.4 Å². The maximum atomic E-state index is 12.3. The molecule has 0 aliphatic carbocycles. The van der Waals surface area contributed by atoms with Gasteiger partial charge in [-0.3, -0.25) is 4.79 Å². The van der Waals surface area contributed by atoms with E-state index in [-0.39, 0.29) is 0 Å². The van der Waals surface area contributed by atoms with Crippen LogP contribution in [0.15, 0.2) is 24.3 Å². The van der Waals surface area contributed by atoms with Gasteiger partial charge in [0.2, 0.25) is 0 Å². The van der Waals surface area contributed by atoms with E-state index in [1.165, 1.54) is 12.1 Å². The van der Waals surface area contributed by atoms with Gasteiger partial charge in [-0.2, -0.15) is 21.6 Å². The minimum Gasteiger partial charge on any atom is -0.375 e. The van der Waals surface area contributed by atoms with Crippen LogP contribution in [0, 0.1) is 0 Å². The number of halogens is 3. The largest absolute Gasteiger partial charge is 0.534 e. The summed E-state index contributed by atoms with van der Waals surface area (Å²) >= 11 is 0. The lowest BCUT2D eigenvalue weighted by molar-refractivity contribution is -0.299. The number of para-hydroxylation sites is 1. The molecule has 7 nitrogen and oxygen atoms in total. The number of rotatable bonds is 5. The fourth-order valence-corrected chi connectivity index (χ4v) is 1.70. The number of hydrogen-bond acceptors (Lipinski definition) is 6. The first kappa shape index (κ1) is 17.2. The van der Waals surface area contributed by atoms with E-state index >= 15 is 0 Å². The normalized spacial score (nSPS) is 12.0. The average Bonchev–Trinajstić information content (AvgIpc) is 2.38. The summed E-state index contributed by atoms with van der Waals surface area (Å²) in [4.78, 5) is 20.9. The molecule has 1 amide bonds. The van der Waals surface area contributed by atoms with Gasteiger partial charge < -0.3 is 4.18 Å². The molecule has 0 radical (unpaired) electrons. The molecule has 11 heteroatoms. The highest BCUT2D eigenvalue weighted by molar-refractivity contribution is 7.88. The predicted molar refractivity (Wildman–Crippen MR) is 62.2 cm³/mol. The zero-order valence-corrected chi connectivity index (χ0v) is 11.6. The smallest absolute Gasteiger partial charge is 0.375 e. The quantitative estimate of drug-likeness (QED) is 0.462. The summed E-state index contributed by atoms with van der Waals surface area (Å²) in [5.74, 6) is -1.85. The first-order valence-corrected chi connectivity index (χ1v) is 6.57. The van der Waals surface area contributed by atoms with Crippen LogP contribution in [-0.2, 0) is 19.8 Å². The predicted octanol–water partition coefficient (Wildman–Crippen LogP) is 1.48. The fraction of sp³-hybridized carbons (Fsp3) is 0.300. The second kappa shape index (κ2) is 6.28. The fourth-order valence-electron chi connectivity index (χ4n) is 1.22. The molecule has 0 N–H and O–H groups in total. The molecule has 0 spiro atoms.